The van der Waals surface area contributed by atoms with Crippen molar-refractivity contribution in [2.75, 3.05) is 0 Å². The minimum atomic E-state index is -0.168. The Hall–Kier alpha value is -2.75. The molecule has 0 saturated carbocycles. The van der Waals surface area contributed by atoms with Crippen LogP contribution in [0.5, 0.6) is 11.5 Å². The smallest absolute Gasteiger partial charge is 0.254 e. The lowest BCUT2D eigenvalue weighted by molar-refractivity contribution is 0.306. The molecule has 0 bridgehead atoms. The fourth-order valence-electron chi connectivity index (χ4n) is 3.45. The Labute approximate surface area is 166 Å². The molecule has 1 aromatic heterocycles. The fraction of sp³-hybridized carbons (Fsp3) is 0.375. The monoisotopic (exact) mass is 379 g/mol. The molecule has 0 spiro atoms. The molecular weight excluding hydrogens is 350 g/mol. The van der Waals surface area contributed by atoms with Gasteiger partial charge in [0.2, 0.25) is 0 Å². The van der Waals surface area contributed by atoms with E-state index < -0.39 is 0 Å². The highest BCUT2D eigenvalue weighted by Crippen LogP contribution is 2.27. The van der Waals surface area contributed by atoms with Gasteiger partial charge in [-0.25, -0.2) is 0 Å². The van der Waals surface area contributed by atoms with Crippen molar-refractivity contribution in [1.82, 2.24) is 4.57 Å². The van der Waals surface area contributed by atoms with Crippen LogP contribution >= 0.6 is 0 Å². The zero-order valence-electron chi connectivity index (χ0n) is 16.6. The topological polar surface area (TPSA) is 51.5 Å². The third-order valence-corrected chi connectivity index (χ3v) is 5.05. The molecule has 4 heteroatoms. The molecule has 1 heterocycles. The van der Waals surface area contributed by atoms with Crippen molar-refractivity contribution in [1.29, 1.82) is 0 Å². The molecule has 0 radical (unpaired) electrons. The number of benzene rings is 2. The van der Waals surface area contributed by atoms with Crippen LogP contribution in [0.3, 0.4) is 0 Å². The molecule has 28 heavy (non-hydrogen) atoms. The number of aryl methyl sites for hydroxylation is 1. The number of unbranched alkanes of at least 4 members (excludes halogenated alkanes) is 5. The minimum Gasteiger partial charge on any atom is -0.507 e. The molecule has 0 saturated heterocycles. The summed E-state index contributed by atoms with van der Waals surface area (Å²) in [6.45, 7) is 3.33. The van der Waals surface area contributed by atoms with Crippen LogP contribution in [0.2, 0.25) is 0 Å². The molecule has 0 amide bonds. The molecule has 3 aromatic rings. The van der Waals surface area contributed by atoms with Gasteiger partial charge in [-0.05, 0) is 24.1 Å². The molecule has 3 rings (SSSR count). The van der Waals surface area contributed by atoms with E-state index in [1.165, 1.54) is 31.7 Å². The number of fused-ring (bicyclic) bond motifs is 1. The molecule has 0 aliphatic carbocycles. The standard InChI is InChI=1S/C24H29NO3/c1-2-3-4-5-6-10-15-25-22-16-20(28-18-19-11-8-7-9-12-19)13-14-21(22)23(26)17-24(25)27/h7-9,11-14,16-17,26H,2-6,10,15,18H2,1H3. The van der Waals surface area contributed by atoms with Crippen molar-refractivity contribution in [2.45, 2.75) is 58.6 Å². The quantitative estimate of drug-likeness (QED) is 0.463. The first-order valence-electron chi connectivity index (χ1n) is 10.2. The second-order valence-electron chi connectivity index (χ2n) is 7.24. The van der Waals surface area contributed by atoms with Gasteiger partial charge in [0, 0.05) is 24.1 Å². The van der Waals surface area contributed by atoms with Crippen molar-refractivity contribution in [2.24, 2.45) is 0 Å². The number of nitrogens with zero attached hydrogens (tertiary/aromatic N) is 1. The maximum absolute atomic E-state index is 12.5. The van der Waals surface area contributed by atoms with Gasteiger partial charge < -0.3 is 14.4 Å². The second kappa shape index (κ2) is 9.98. The van der Waals surface area contributed by atoms with E-state index in [1.807, 2.05) is 48.5 Å². The summed E-state index contributed by atoms with van der Waals surface area (Å²) in [6.07, 6.45) is 7.01. The Morgan fingerprint density at radius 2 is 1.68 bits per heavy atom. The number of hydrogen-bond acceptors (Lipinski definition) is 3. The normalized spacial score (nSPS) is 11.0. The van der Waals surface area contributed by atoms with Gasteiger partial charge in [-0.3, -0.25) is 4.79 Å². The largest absolute Gasteiger partial charge is 0.507 e. The molecule has 0 aliphatic heterocycles. The summed E-state index contributed by atoms with van der Waals surface area (Å²) in [5.74, 6) is 0.715. The predicted octanol–water partition coefficient (Wildman–Crippen LogP) is 5.65. The van der Waals surface area contributed by atoms with Crippen LogP contribution in [0.25, 0.3) is 10.9 Å². The summed E-state index contributed by atoms with van der Waals surface area (Å²) < 4.78 is 7.66. The van der Waals surface area contributed by atoms with Gasteiger partial charge >= 0.3 is 0 Å². The van der Waals surface area contributed by atoms with Gasteiger partial charge in [0.15, 0.2) is 0 Å². The Kier molecular flexibility index (Phi) is 7.12. The molecule has 0 atom stereocenters. The highest BCUT2D eigenvalue weighted by molar-refractivity contribution is 5.86. The van der Waals surface area contributed by atoms with E-state index >= 15 is 0 Å². The number of hydrogen-bond donors (Lipinski definition) is 1. The Bertz CT molecular complexity index is 947. The van der Waals surface area contributed by atoms with E-state index in [4.69, 9.17) is 4.74 Å². The lowest BCUT2D eigenvalue weighted by Crippen LogP contribution is -2.19. The Balaban J connectivity index is 1.76. The van der Waals surface area contributed by atoms with E-state index in [0.717, 1.165) is 23.9 Å². The zero-order valence-corrected chi connectivity index (χ0v) is 16.6. The summed E-state index contributed by atoms with van der Waals surface area (Å²) in [4.78, 5) is 12.5. The molecule has 1 N–H and O–H groups in total. The second-order valence-corrected chi connectivity index (χ2v) is 7.24. The highest BCUT2D eigenvalue weighted by atomic mass is 16.5. The first-order chi connectivity index (χ1) is 13.7. The van der Waals surface area contributed by atoms with Crippen LogP contribution in [0.1, 0.15) is 51.0 Å². The summed E-state index contributed by atoms with van der Waals surface area (Å²) >= 11 is 0. The first-order valence-corrected chi connectivity index (χ1v) is 10.2. The highest BCUT2D eigenvalue weighted by Gasteiger charge is 2.10. The molecule has 0 unspecified atom stereocenters. The van der Waals surface area contributed by atoms with Crippen LogP contribution < -0.4 is 10.3 Å². The average molecular weight is 380 g/mol. The molecule has 0 aliphatic rings. The van der Waals surface area contributed by atoms with E-state index in [-0.39, 0.29) is 11.3 Å². The summed E-state index contributed by atoms with van der Waals surface area (Å²) in [7, 11) is 0. The molecule has 0 fully saturated rings. The van der Waals surface area contributed by atoms with Gasteiger partial charge in [0.25, 0.3) is 5.56 Å². The maximum atomic E-state index is 12.5. The van der Waals surface area contributed by atoms with Crippen LogP contribution in [0.4, 0.5) is 0 Å². The van der Waals surface area contributed by atoms with Crippen LogP contribution in [-0.2, 0) is 13.2 Å². The van der Waals surface area contributed by atoms with E-state index in [2.05, 4.69) is 6.92 Å². The van der Waals surface area contributed by atoms with E-state index in [1.54, 1.807) is 4.57 Å². The number of aromatic nitrogens is 1. The molecule has 148 valence electrons. The maximum Gasteiger partial charge on any atom is 0.254 e. The molecule has 2 aromatic carbocycles. The number of aromatic hydroxyl groups is 1. The number of pyridine rings is 1. The fourth-order valence-corrected chi connectivity index (χ4v) is 3.45. The van der Waals surface area contributed by atoms with E-state index in [0.29, 0.717) is 24.3 Å². The summed E-state index contributed by atoms with van der Waals surface area (Å²) in [6, 6.07) is 16.8. The van der Waals surface area contributed by atoms with Gasteiger partial charge in [-0.1, -0.05) is 69.4 Å². The van der Waals surface area contributed by atoms with Crippen LogP contribution in [0.15, 0.2) is 59.4 Å². The molecule has 4 nitrogen and oxygen atoms in total. The van der Waals surface area contributed by atoms with Crippen molar-refractivity contribution in [3.8, 4) is 11.5 Å². The SMILES string of the molecule is CCCCCCCCn1c(=O)cc(O)c2ccc(OCc3ccccc3)cc21. The average Bonchev–Trinajstić information content (AvgIpc) is 2.71. The van der Waals surface area contributed by atoms with Crippen LogP contribution in [-0.4, -0.2) is 9.67 Å². The number of rotatable bonds is 10. The van der Waals surface area contributed by atoms with Crippen LogP contribution in [0, 0.1) is 0 Å². The summed E-state index contributed by atoms with van der Waals surface area (Å²) in [5, 5.41) is 10.9. The minimum absolute atomic E-state index is 0.0220. The van der Waals surface area contributed by atoms with Gasteiger partial charge in [-0.2, -0.15) is 0 Å². The summed E-state index contributed by atoms with van der Waals surface area (Å²) in [5.41, 5.74) is 1.64. The zero-order chi connectivity index (χ0) is 19.8. The Morgan fingerprint density at radius 1 is 0.929 bits per heavy atom. The van der Waals surface area contributed by atoms with Crippen molar-refractivity contribution in [3.05, 3.63) is 70.5 Å². The predicted molar refractivity (Wildman–Crippen MR) is 114 cm³/mol. The lowest BCUT2D eigenvalue weighted by atomic mass is 10.1. The first kappa shape index (κ1) is 20.0. The third-order valence-electron chi connectivity index (χ3n) is 5.05. The lowest BCUT2D eigenvalue weighted by Gasteiger charge is -2.13. The van der Waals surface area contributed by atoms with Gasteiger partial charge in [-0.15, -0.1) is 0 Å². The van der Waals surface area contributed by atoms with Gasteiger partial charge in [0.05, 0.1) is 5.52 Å². The Morgan fingerprint density at radius 3 is 2.46 bits per heavy atom. The van der Waals surface area contributed by atoms with Gasteiger partial charge in [0.1, 0.15) is 18.1 Å². The molecular formula is C24H29NO3. The van der Waals surface area contributed by atoms with Crippen molar-refractivity contribution >= 4 is 10.9 Å². The van der Waals surface area contributed by atoms with Crippen molar-refractivity contribution in [3.63, 3.8) is 0 Å². The third kappa shape index (κ3) is 5.16. The van der Waals surface area contributed by atoms with Crippen molar-refractivity contribution < 1.29 is 9.84 Å². The van der Waals surface area contributed by atoms with E-state index in [9.17, 15) is 9.90 Å². The number of ether oxygens (including phenoxy) is 1.